The van der Waals surface area contributed by atoms with E-state index in [0.717, 1.165) is 35.9 Å². The number of carbonyl (C=O) groups excluding carboxylic acids is 1. The molecule has 2 aliphatic heterocycles. The van der Waals surface area contributed by atoms with Crippen molar-refractivity contribution in [3.8, 4) is 0 Å². The van der Waals surface area contributed by atoms with Gasteiger partial charge in [0.1, 0.15) is 10.8 Å². The summed E-state index contributed by atoms with van der Waals surface area (Å²) in [5, 5.41) is 7.12. The average Bonchev–Trinajstić information content (AvgIpc) is 3.09. The maximum atomic E-state index is 13.9. The average molecular weight is 441 g/mol. The van der Waals surface area contributed by atoms with E-state index in [9.17, 15) is 18.0 Å². The van der Waals surface area contributed by atoms with Crippen molar-refractivity contribution in [2.75, 3.05) is 11.9 Å². The fourth-order valence-electron chi connectivity index (χ4n) is 4.46. The van der Waals surface area contributed by atoms with Crippen LogP contribution in [0.25, 0.3) is 0 Å². The molecule has 3 atom stereocenters. The van der Waals surface area contributed by atoms with E-state index in [1.165, 1.54) is 0 Å². The molecule has 0 unspecified atom stereocenters. The number of rotatable bonds is 3. The van der Waals surface area contributed by atoms with Gasteiger partial charge in [-0.15, -0.1) is 0 Å². The largest absolute Gasteiger partial charge is 0.410 e. The van der Waals surface area contributed by atoms with E-state index in [0.29, 0.717) is 6.54 Å². The first kappa shape index (κ1) is 21.0. The Kier molecular flexibility index (Phi) is 5.70. The Morgan fingerprint density at radius 3 is 2.67 bits per heavy atom. The molecular weight excluding hydrogens is 417 g/mol. The summed E-state index contributed by atoms with van der Waals surface area (Å²) in [6.45, 7) is 2.57. The number of alkyl halides is 3. The highest BCUT2D eigenvalue weighted by molar-refractivity contribution is 6.36. The molecule has 0 radical (unpaired) electrons. The van der Waals surface area contributed by atoms with Crippen LogP contribution in [0.5, 0.6) is 0 Å². The molecule has 1 aromatic heterocycles. The summed E-state index contributed by atoms with van der Waals surface area (Å²) in [5.41, 5.74) is 0.618. The summed E-state index contributed by atoms with van der Waals surface area (Å²) in [5.74, 6) is -0.347. The zero-order chi connectivity index (χ0) is 21.5. The number of hydrogen-bond donors (Lipinski definition) is 1. The van der Waals surface area contributed by atoms with Gasteiger partial charge in [-0.3, -0.25) is 4.79 Å². The summed E-state index contributed by atoms with van der Waals surface area (Å²) < 4.78 is 42.5. The van der Waals surface area contributed by atoms with Crippen LogP contribution in [0.15, 0.2) is 30.3 Å². The van der Waals surface area contributed by atoms with Crippen LogP contribution < -0.4 is 5.32 Å². The van der Waals surface area contributed by atoms with Gasteiger partial charge in [0.25, 0.3) is 5.91 Å². The normalized spacial score (nSPS) is 24.3. The van der Waals surface area contributed by atoms with Crippen LogP contribution in [0.3, 0.4) is 0 Å². The maximum absolute atomic E-state index is 13.9. The van der Waals surface area contributed by atoms with Crippen molar-refractivity contribution in [1.29, 1.82) is 0 Å². The molecule has 0 spiro atoms. The highest BCUT2D eigenvalue weighted by atomic mass is 35.5. The Balaban J connectivity index is 1.72. The molecular formula is C21H24ClF3N4O. The van der Waals surface area contributed by atoms with Crippen molar-refractivity contribution < 1.29 is 18.0 Å². The van der Waals surface area contributed by atoms with E-state index < -0.39 is 24.2 Å². The number of nitrogens with one attached hydrogen (secondary N) is 1. The molecule has 1 saturated heterocycles. The monoisotopic (exact) mass is 440 g/mol. The standard InChI is InChI=1S/C21H24ClF3N4O/c1-2-14-10-6-7-11-28(14)20(30)18-17(22)19-26-15(13-8-4-3-5-9-13)12-16(21(23,24)25)29(19)27-18/h3-5,8-9,14-16,26H,2,6-7,10-12H2,1H3/t14-,15-,16-/m1/s1. The van der Waals surface area contributed by atoms with Gasteiger partial charge >= 0.3 is 6.18 Å². The number of carbonyl (C=O) groups is 1. The second-order valence-electron chi connectivity index (χ2n) is 7.91. The summed E-state index contributed by atoms with van der Waals surface area (Å²) in [7, 11) is 0. The van der Waals surface area contributed by atoms with Crippen molar-refractivity contribution in [2.24, 2.45) is 0 Å². The topological polar surface area (TPSA) is 50.2 Å². The molecule has 1 fully saturated rings. The first-order valence-corrected chi connectivity index (χ1v) is 10.7. The molecule has 4 rings (SSSR count). The molecule has 0 aliphatic carbocycles. The fourth-order valence-corrected chi connectivity index (χ4v) is 4.72. The molecule has 9 heteroatoms. The van der Waals surface area contributed by atoms with E-state index in [1.54, 1.807) is 29.2 Å². The lowest BCUT2D eigenvalue weighted by molar-refractivity contribution is -0.173. The Bertz CT molecular complexity index is 915. The molecule has 1 aromatic carbocycles. The maximum Gasteiger partial charge on any atom is 0.410 e. The molecule has 1 amide bonds. The van der Waals surface area contributed by atoms with E-state index in [-0.39, 0.29) is 29.0 Å². The fraction of sp³-hybridized carbons (Fsp3) is 0.524. The van der Waals surface area contributed by atoms with Gasteiger partial charge < -0.3 is 10.2 Å². The number of aromatic nitrogens is 2. The molecule has 1 N–H and O–H groups in total. The van der Waals surface area contributed by atoms with Gasteiger partial charge in [-0.2, -0.15) is 18.3 Å². The van der Waals surface area contributed by atoms with Crippen LogP contribution in [-0.4, -0.2) is 39.4 Å². The zero-order valence-corrected chi connectivity index (χ0v) is 17.4. The van der Waals surface area contributed by atoms with Crippen molar-refractivity contribution in [3.63, 3.8) is 0 Å². The third kappa shape index (κ3) is 3.77. The van der Waals surface area contributed by atoms with E-state index >= 15 is 0 Å². The SMILES string of the molecule is CC[C@@H]1CCCCN1C(=O)c1nn2c(c1Cl)N[C@@H](c1ccccc1)C[C@@H]2C(F)(F)F. The number of anilines is 1. The van der Waals surface area contributed by atoms with Crippen LogP contribution in [0.1, 0.15) is 67.2 Å². The molecule has 0 saturated carbocycles. The number of amides is 1. The van der Waals surface area contributed by atoms with E-state index in [1.807, 2.05) is 13.0 Å². The summed E-state index contributed by atoms with van der Waals surface area (Å²) >= 11 is 6.45. The smallest absolute Gasteiger partial charge is 0.362 e. The lowest BCUT2D eigenvalue weighted by Gasteiger charge is -2.34. The second-order valence-corrected chi connectivity index (χ2v) is 8.29. The molecule has 30 heavy (non-hydrogen) atoms. The van der Waals surface area contributed by atoms with Crippen molar-refractivity contribution in [1.82, 2.24) is 14.7 Å². The van der Waals surface area contributed by atoms with Gasteiger partial charge in [-0.1, -0.05) is 48.9 Å². The van der Waals surface area contributed by atoms with Crippen LogP contribution in [0, 0.1) is 0 Å². The second kappa shape index (κ2) is 8.13. The van der Waals surface area contributed by atoms with Crippen molar-refractivity contribution >= 4 is 23.3 Å². The molecule has 2 aromatic rings. The lowest BCUT2D eigenvalue weighted by atomic mass is 9.97. The Hall–Kier alpha value is -2.22. The molecule has 3 heterocycles. The van der Waals surface area contributed by atoms with Gasteiger partial charge in [0.2, 0.25) is 0 Å². The summed E-state index contributed by atoms with van der Waals surface area (Å²) in [6, 6.07) is 6.54. The van der Waals surface area contributed by atoms with Crippen LogP contribution in [-0.2, 0) is 0 Å². The Morgan fingerprint density at radius 1 is 1.27 bits per heavy atom. The van der Waals surface area contributed by atoms with Gasteiger partial charge in [0.15, 0.2) is 11.7 Å². The number of likely N-dealkylation sites (tertiary alicyclic amines) is 1. The molecule has 162 valence electrons. The van der Waals surface area contributed by atoms with Gasteiger partial charge in [0.05, 0.1) is 6.04 Å². The van der Waals surface area contributed by atoms with Gasteiger partial charge in [-0.05, 0) is 31.2 Å². The molecule has 5 nitrogen and oxygen atoms in total. The summed E-state index contributed by atoms with van der Waals surface area (Å²) in [4.78, 5) is 14.9. The van der Waals surface area contributed by atoms with E-state index in [4.69, 9.17) is 11.6 Å². The minimum Gasteiger partial charge on any atom is -0.362 e. The van der Waals surface area contributed by atoms with Crippen LogP contribution in [0.2, 0.25) is 5.02 Å². The zero-order valence-electron chi connectivity index (χ0n) is 16.6. The first-order chi connectivity index (χ1) is 14.3. The van der Waals surface area contributed by atoms with E-state index in [2.05, 4.69) is 10.4 Å². The summed E-state index contributed by atoms with van der Waals surface area (Å²) in [6.07, 6.45) is -1.17. The van der Waals surface area contributed by atoms with Gasteiger partial charge in [-0.25, -0.2) is 4.68 Å². The number of hydrogen-bond acceptors (Lipinski definition) is 3. The Morgan fingerprint density at radius 2 is 2.00 bits per heavy atom. The number of nitrogens with zero attached hydrogens (tertiary/aromatic N) is 3. The Labute approximate surface area is 178 Å². The van der Waals surface area contributed by atoms with Crippen molar-refractivity contribution in [2.45, 2.75) is 63.3 Å². The first-order valence-electron chi connectivity index (χ1n) is 10.3. The predicted molar refractivity (Wildman–Crippen MR) is 109 cm³/mol. The predicted octanol–water partition coefficient (Wildman–Crippen LogP) is 5.60. The third-order valence-electron chi connectivity index (χ3n) is 6.06. The van der Waals surface area contributed by atoms with Gasteiger partial charge in [0, 0.05) is 19.0 Å². The number of halogens is 4. The minimum absolute atomic E-state index is 0.0460. The van der Waals surface area contributed by atoms with Crippen molar-refractivity contribution in [3.05, 3.63) is 46.6 Å². The third-order valence-corrected chi connectivity index (χ3v) is 6.42. The lowest BCUT2D eigenvalue weighted by Crippen LogP contribution is -2.43. The highest BCUT2D eigenvalue weighted by Crippen LogP contribution is 2.46. The number of fused-ring (bicyclic) bond motifs is 1. The van der Waals surface area contributed by atoms with Crippen LogP contribution in [0.4, 0.5) is 19.0 Å². The molecule has 0 bridgehead atoms. The highest BCUT2D eigenvalue weighted by Gasteiger charge is 2.48. The number of piperidine rings is 1. The molecule has 2 aliphatic rings. The minimum atomic E-state index is -4.52. The number of benzene rings is 1. The quantitative estimate of drug-likeness (QED) is 0.675. The van der Waals surface area contributed by atoms with Crippen LogP contribution >= 0.6 is 11.6 Å².